The van der Waals surface area contributed by atoms with Gasteiger partial charge in [-0.3, -0.25) is 9.59 Å². The Morgan fingerprint density at radius 3 is 2.60 bits per heavy atom. The molecular formula is C19H21NO5. The molecule has 1 fully saturated rings. The SMILES string of the molecule is O=C(COC(=O)c1cc(=O)c2ccccc2o1)NC1CCCCCC1. The van der Waals surface area contributed by atoms with Gasteiger partial charge < -0.3 is 14.5 Å². The smallest absolute Gasteiger partial charge is 0.374 e. The first-order valence-corrected chi connectivity index (χ1v) is 8.63. The second-order valence-corrected chi connectivity index (χ2v) is 6.30. The Kier molecular flexibility index (Phi) is 5.48. The van der Waals surface area contributed by atoms with Crippen molar-refractivity contribution >= 4 is 22.8 Å². The van der Waals surface area contributed by atoms with Crippen LogP contribution in [0.5, 0.6) is 0 Å². The van der Waals surface area contributed by atoms with Crippen molar-refractivity contribution in [3.63, 3.8) is 0 Å². The fraction of sp³-hybridized carbons (Fsp3) is 0.421. The lowest BCUT2D eigenvalue weighted by molar-refractivity contribution is -0.125. The summed E-state index contributed by atoms with van der Waals surface area (Å²) in [6.07, 6.45) is 6.52. The first kappa shape index (κ1) is 17.2. The summed E-state index contributed by atoms with van der Waals surface area (Å²) in [6, 6.07) is 7.89. The topological polar surface area (TPSA) is 85.6 Å². The van der Waals surface area contributed by atoms with E-state index in [1.54, 1.807) is 24.3 Å². The van der Waals surface area contributed by atoms with Crippen molar-refractivity contribution in [2.75, 3.05) is 6.61 Å². The number of amides is 1. The van der Waals surface area contributed by atoms with Crippen LogP contribution in [0.1, 0.15) is 49.1 Å². The van der Waals surface area contributed by atoms with Crippen molar-refractivity contribution < 1.29 is 18.7 Å². The molecule has 0 spiro atoms. The molecule has 0 aliphatic heterocycles. The number of fused-ring (bicyclic) bond motifs is 1. The minimum atomic E-state index is -0.820. The van der Waals surface area contributed by atoms with Crippen LogP contribution in [0, 0.1) is 0 Å². The van der Waals surface area contributed by atoms with Crippen molar-refractivity contribution in [3.05, 3.63) is 46.3 Å². The Morgan fingerprint density at radius 2 is 1.84 bits per heavy atom. The van der Waals surface area contributed by atoms with Crippen molar-refractivity contribution in [3.8, 4) is 0 Å². The number of ether oxygens (including phenoxy) is 1. The monoisotopic (exact) mass is 343 g/mol. The van der Waals surface area contributed by atoms with E-state index in [1.165, 1.54) is 12.8 Å². The van der Waals surface area contributed by atoms with E-state index in [-0.39, 0.29) is 29.7 Å². The predicted octanol–water partition coefficient (Wildman–Crippen LogP) is 2.79. The van der Waals surface area contributed by atoms with Crippen LogP contribution in [0.25, 0.3) is 11.0 Å². The zero-order valence-corrected chi connectivity index (χ0v) is 14.0. The highest BCUT2D eigenvalue weighted by molar-refractivity contribution is 5.90. The quantitative estimate of drug-likeness (QED) is 0.681. The minimum absolute atomic E-state index is 0.146. The molecule has 1 aliphatic carbocycles. The Morgan fingerprint density at radius 1 is 1.12 bits per heavy atom. The second-order valence-electron chi connectivity index (χ2n) is 6.30. The molecule has 3 rings (SSSR count). The summed E-state index contributed by atoms with van der Waals surface area (Å²) in [5, 5.41) is 3.29. The average Bonchev–Trinajstić information content (AvgIpc) is 2.88. The maximum Gasteiger partial charge on any atom is 0.374 e. The first-order valence-electron chi connectivity index (χ1n) is 8.63. The summed E-state index contributed by atoms with van der Waals surface area (Å²) in [5.74, 6) is -1.35. The lowest BCUT2D eigenvalue weighted by atomic mass is 10.1. The number of carbonyl (C=O) groups excluding carboxylic acids is 2. The highest BCUT2D eigenvalue weighted by Gasteiger charge is 2.18. The van der Waals surface area contributed by atoms with E-state index < -0.39 is 5.97 Å². The van der Waals surface area contributed by atoms with Crippen LogP contribution >= 0.6 is 0 Å². The molecule has 0 saturated heterocycles. The number of rotatable bonds is 4. The Hall–Kier alpha value is -2.63. The lowest BCUT2D eigenvalue weighted by Crippen LogP contribution is -2.37. The van der Waals surface area contributed by atoms with Crippen LogP contribution in [0.2, 0.25) is 0 Å². The highest BCUT2D eigenvalue weighted by atomic mass is 16.5. The summed E-state index contributed by atoms with van der Waals surface area (Å²) in [4.78, 5) is 36.0. The summed E-state index contributed by atoms with van der Waals surface area (Å²) in [5.41, 5.74) is -0.0124. The van der Waals surface area contributed by atoms with E-state index in [0.29, 0.717) is 11.0 Å². The number of benzene rings is 1. The van der Waals surface area contributed by atoms with Crippen LogP contribution in [-0.2, 0) is 9.53 Å². The third kappa shape index (κ3) is 4.47. The number of nitrogens with one attached hydrogen (secondary N) is 1. The van der Waals surface area contributed by atoms with Gasteiger partial charge in [-0.2, -0.15) is 0 Å². The molecule has 1 aromatic carbocycles. The number of hydrogen-bond donors (Lipinski definition) is 1. The third-order valence-electron chi connectivity index (χ3n) is 4.39. The molecule has 1 N–H and O–H groups in total. The average molecular weight is 343 g/mol. The van der Waals surface area contributed by atoms with E-state index in [0.717, 1.165) is 31.7 Å². The van der Waals surface area contributed by atoms with Gasteiger partial charge in [-0.15, -0.1) is 0 Å². The van der Waals surface area contributed by atoms with Crippen LogP contribution in [-0.4, -0.2) is 24.5 Å². The normalized spacial score (nSPS) is 15.5. The van der Waals surface area contributed by atoms with Gasteiger partial charge in [0.1, 0.15) is 5.58 Å². The number of para-hydroxylation sites is 1. The van der Waals surface area contributed by atoms with Crippen LogP contribution < -0.4 is 10.7 Å². The van der Waals surface area contributed by atoms with Gasteiger partial charge in [0.2, 0.25) is 5.76 Å². The molecule has 6 nitrogen and oxygen atoms in total. The van der Waals surface area contributed by atoms with Gasteiger partial charge in [-0.05, 0) is 25.0 Å². The maximum absolute atomic E-state index is 12.1. The molecule has 132 valence electrons. The maximum atomic E-state index is 12.1. The van der Waals surface area contributed by atoms with E-state index in [1.807, 2.05) is 0 Å². The van der Waals surface area contributed by atoms with Gasteiger partial charge in [-0.25, -0.2) is 4.79 Å². The zero-order valence-electron chi connectivity index (χ0n) is 14.0. The standard InChI is InChI=1S/C19H21NO5/c21-15-11-17(25-16-10-6-5-9-14(15)16)19(23)24-12-18(22)20-13-7-3-1-2-4-8-13/h5-6,9-11,13H,1-4,7-8,12H2,(H,20,22). The molecule has 0 unspecified atom stereocenters. The van der Waals surface area contributed by atoms with E-state index in [4.69, 9.17) is 9.15 Å². The van der Waals surface area contributed by atoms with Crippen LogP contribution in [0.3, 0.4) is 0 Å². The van der Waals surface area contributed by atoms with Gasteiger partial charge >= 0.3 is 5.97 Å². The third-order valence-corrected chi connectivity index (χ3v) is 4.39. The molecule has 1 heterocycles. The van der Waals surface area contributed by atoms with Crippen molar-refractivity contribution in [2.45, 2.75) is 44.6 Å². The molecule has 0 bridgehead atoms. The summed E-state index contributed by atoms with van der Waals surface area (Å²) in [6.45, 7) is -0.383. The van der Waals surface area contributed by atoms with Crippen LogP contribution in [0.15, 0.2) is 39.5 Å². The van der Waals surface area contributed by atoms with E-state index in [9.17, 15) is 14.4 Å². The van der Waals surface area contributed by atoms with Crippen molar-refractivity contribution in [1.29, 1.82) is 0 Å². The fourth-order valence-electron chi connectivity index (χ4n) is 3.10. The Bertz CT molecular complexity index is 818. The molecular weight excluding hydrogens is 322 g/mol. The lowest BCUT2D eigenvalue weighted by Gasteiger charge is -2.16. The highest BCUT2D eigenvalue weighted by Crippen LogP contribution is 2.17. The van der Waals surface area contributed by atoms with Gasteiger partial charge in [0, 0.05) is 12.1 Å². The molecule has 1 aliphatic rings. The largest absolute Gasteiger partial charge is 0.450 e. The molecule has 0 atom stereocenters. The molecule has 1 aromatic heterocycles. The zero-order chi connectivity index (χ0) is 17.6. The van der Waals surface area contributed by atoms with E-state index in [2.05, 4.69) is 5.32 Å². The second kappa shape index (κ2) is 7.96. The summed E-state index contributed by atoms with van der Waals surface area (Å²) in [7, 11) is 0. The molecule has 0 radical (unpaired) electrons. The molecule has 1 saturated carbocycles. The van der Waals surface area contributed by atoms with Crippen molar-refractivity contribution in [1.82, 2.24) is 5.32 Å². The Balaban J connectivity index is 1.58. The summed E-state index contributed by atoms with van der Waals surface area (Å²) >= 11 is 0. The summed E-state index contributed by atoms with van der Waals surface area (Å²) < 4.78 is 10.4. The first-order chi connectivity index (χ1) is 12.1. The molecule has 1 amide bonds. The van der Waals surface area contributed by atoms with Gasteiger partial charge in [0.25, 0.3) is 5.91 Å². The predicted molar refractivity (Wildman–Crippen MR) is 92.4 cm³/mol. The molecule has 6 heteroatoms. The van der Waals surface area contributed by atoms with Crippen molar-refractivity contribution in [2.24, 2.45) is 0 Å². The van der Waals surface area contributed by atoms with Crippen LogP contribution in [0.4, 0.5) is 0 Å². The Labute approximate surface area is 145 Å². The minimum Gasteiger partial charge on any atom is -0.450 e. The van der Waals surface area contributed by atoms with Gasteiger partial charge in [-0.1, -0.05) is 37.8 Å². The number of carbonyl (C=O) groups is 2. The van der Waals surface area contributed by atoms with E-state index >= 15 is 0 Å². The number of esters is 1. The molecule has 25 heavy (non-hydrogen) atoms. The van der Waals surface area contributed by atoms with Gasteiger partial charge in [0.05, 0.1) is 5.39 Å². The van der Waals surface area contributed by atoms with Gasteiger partial charge in [0.15, 0.2) is 12.0 Å². The number of hydrogen-bond acceptors (Lipinski definition) is 5. The molecule has 2 aromatic rings. The fourth-order valence-corrected chi connectivity index (χ4v) is 3.10.